The number of nitrogens with zero attached hydrogens (tertiary/aromatic N) is 1. The van der Waals surface area contributed by atoms with Crippen molar-refractivity contribution in [3.63, 3.8) is 0 Å². The second kappa shape index (κ2) is 4.87. The molecule has 3 nitrogen and oxygen atoms in total. The zero-order chi connectivity index (χ0) is 12.5. The van der Waals surface area contributed by atoms with E-state index in [0.29, 0.717) is 5.41 Å². The molecule has 17 heavy (non-hydrogen) atoms. The molecule has 0 aromatic carbocycles. The smallest absolute Gasteiger partial charge is 0.0562 e. The minimum Gasteiger partial charge on any atom is -0.380 e. The van der Waals surface area contributed by atoms with Gasteiger partial charge in [0.1, 0.15) is 0 Å². The van der Waals surface area contributed by atoms with Crippen molar-refractivity contribution in [2.24, 2.45) is 11.3 Å². The molecule has 2 fully saturated rings. The topological polar surface area (TPSA) is 24.5 Å². The van der Waals surface area contributed by atoms with E-state index in [2.05, 4.69) is 37.9 Å². The van der Waals surface area contributed by atoms with Crippen LogP contribution in [0.2, 0.25) is 0 Å². The lowest BCUT2D eigenvalue weighted by Crippen LogP contribution is -2.67. The summed E-state index contributed by atoms with van der Waals surface area (Å²) in [5, 5.41) is 3.44. The highest BCUT2D eigenvalue weighted by atomic mass is 16.5. The lowest BCUT2D eigenvalue weighted by molar-refractivity contribution is -0.195. The van der Waals surface area contributed by atoms with Crippen LogP contribution in [-0.2, 0) is 4.74 Å². The average Bonchev–Trinajstić information content (AvgIpc) is 2.24. The Hall–Kier alpha value is -0.120. The van der Waals surface area contributed by atoms with Gasteiger partial charge in [0.05, 0.1) is 13.2 Å². The first kappa shape index (κ1) is 13.3. The number of ether oxygens (including phenoxy) is 1. The molecule has 0 atom stereocenters. The monoisotopic (exact) mass is 240 g/mol. The number of nitrogens with one attached hydrogen (secondary N) is 1. The number of rotatable bonds is 4. The molecular formula is C14H28N2O. The van der Waals surface area contributed by atoms with E-state index in [1.165, 1.54) is 19.5 Å². The molecule has 2 aliphatic heterocycles. The molecule has 100 valence electrons. The maximum Gasteiger partial charge on any atom is 0.0562 e. The second-order valence-corrected chi connectivity index (χ2v) is 6.67. The molecular weight excluding hydrogens is 212 g/mol. The molecule has 3 heteroatoms. The molecule has 2 saturated heterocycles. The molecule has 1 N–H and O–H groups in total. The number of hydrogen-bond donors (Lipinski definition) is 1. The molecule has 0 saturated carbocycles. The summed E-state index contributed by atoms with van der Waals surface area (Å²) in [6, 6.07) is 0. The first-order valence-electron chi connectivity index (χ1n) is 7.01. The van der Waals surface area contributed by atoms with Crippen LogP contribution in [0.3, 0.4) is 0 Å². The first-order chi connectivity index (χ1) is 7.98. The molecule has 0 unspecified atom stereocenters. The van der Waals surface area contributed by atoms with E-state index in [0.717, 1.165) is 32.2 Å². The highest BCUT2D eigenvalue weighted by Gasteiger charge is 2.53. The van der Waals surface area contributed by atoms with E-state index in [4.69, 9.17) is 4.74 Å². The Bertz CT molecular complexity index is 253. The SMILES string of the molecule is CC(C)CC1(C(C)(C)N2CCNCC2)COC1. The fourth-order valence-corrected chi connectivity index (χ4v) is 3.41. The Morgan fingerprint density at radius 2 is 1.82 bits per heavy atom. The van der Waals surface area contributed by atoms with Gasteiger partial charge in [-0.1, -0.05) is 13.8 Å². The summed E-state index contributed by atoms with van der Waals surface area (Å²) in [5.41, 5.74) is 0.635. The number of hydrogen-bond acceptors (Lipinski definition) is 3. The van der Waals surface area contributed by atoms with Crippen LogP contribution in [0, 0.1) is 11.3 Å². The van der Waals surface area contributed by atoms with Crippen LogP contribution < -0.4 is 5.32 Å². The molecule has 0 bridgehead atoms. The molecule has 0 aliphatic carbocycles. The van der Waals surface area contributed by atoms with Gasteiger partial charge < -0.3 is 10.1 Å². The average molecular weight is 240 g/mol. The molecule has 0 radical (unpaired) electrons. The molecule has 2 aliphatic rings. The molecule has 2 rings (SSSR count). The van der Waals surface area contributed by atoms with Crippen molar-refractivity contribution >= 4 is 0 Å². The maximum atomic E-state index is 5.57. The highest BCUT2D eigenvalue weighted by molar-refractivity contribution is 5.05. The molecule has 0 aromatic heterocycles. The predicted octanol–water partition coefficient (Wildman–Crippen LogP) is 1.73. The second-order valence-electron chi connectivity index (χ2n) is 6.67. The summed E-state index contributed by atoms with van der Waals surface area (Å²) in [6.07, 6.45) is 1.28. The van der Waals surface area contributed by atoms with Gasteiger partial charge in [-0.2, -0.15) is 0 Å². The molecule has 0 spiro atoms. The minimum absolute atomic E-state index is 0.262. The third-order valence-electron chi connectivity index (χ3n) is 4.76. The van der Waals surface area contributed by atoms with Crippen LogP contribution in [-0.4, -0.2) is 49.8 Å². The van der Waals surface area contributed by atoms with Crippen molar-refractivity contribution in [3.05, 3.63) is 0 Å². The Labute approximate surface area is 106 Å². The van der Waals surface area contributed by atoms with E-state index in [1.807, 2.05) is 0 Å². The van der Waals surface area contributed by atoms with Crippen molar-refractivity contribution in [1.82, 2.24) is 10.2 Å². The fraction of sp³-hybridized carbons (Fsp3) is 1.00. The predicted molar refractivity (Wildman–Crippen MR) is 71.2 cm³/mol. The van der Waals surface area contributed by atoms with Crippen LogP contribution in [0.25, 0.3) is 0 Å². The lowest BCUT2D eigenvalue weighted by atomic mass is 9.64. The third kappa shape index (κ3) is 2.38. The standard InChI is InChI=1S/C14H28N2O/c1-12(2)9-14(10-17-11-14)13(3,4)16-7-5-15-6-8-16/h12,15H,5-11H2,1-4H3. The zero-order valence-electron chi connectivity index (χ0n) is 11.9. The fourth-order valence-electron chi connectivity index (χ4n) is 3.41. The Morgan fingerprint density at radius 1 is 1.24 bits per heavy atom. The minimum atomic E-state index is 0.262. The zero-order valence-corrected chi connectivity index (χ0v) is 11.9. The van der Waals surface area contributed by atoms with E-state index in [9.17, 15) is 0 Å². The molecule has 2 heterocycles. The van der Waals surface area contributed by atoms with Gasteiger partial charge in [-0.25, -0.2) is 0 Å². The normalized spacial score (nSPS) is 25.9. The summed E-state index contributed by atoms with van der Waals surface area (Å²) in [7, 11) is 0. The molecule has 0 amide bonds. The Kier molecular flexibility index (Phi) is 3.81. The van der Waals surface area contributed by atoms with Gasteiger partial charge in [-0.05, 0) is 26.2 Å². The quantitative estimate of drug-likeness (QED) is 0.810. The van der Waals surface area contributed by atoms with Crippen LogP contribution >= 0.6 is 0 Å². The van der Waals surface area contributed by atoms with Crippen molar-refractivity contribution in [1.29, 1.82) is 0 Å². The van der Waals surface area contributed by atoms with E-state index < -0.39 is 0 Å². The van der Waals surface area contributed by atoms with Crippen molar-refractivity contribution in [2.75, 3.05) is 39.4 Å². The lowest BCUT2D eigenvalue weighted by Gasteiger charge is -2.58. The van der Waals surface area contributed by atoms with E-state index >= 15 is 0 Å². The number of piperazine rings is 1. The van der Waals surface area contributed by atoms with Crippen molar-refractivity contribution < 1.29 is 4.74 Å². The summed E-state index contributed by atoms with van der Waals surface area (Å²) in [6.45, 7) is 16.0. The van der Waals surface area contributed by atoms with Gasteiger partial charge in [0, 0.05) is 37.1 Å². The summed E-state index contributed by atoms with van der Waals surface area (Å²) < 4.78 is 5.57. The van der Waals surface area contributed by atoms with E-state index in [1.54, 1.807) is 0 Å². The van der Waals surface area contributed by atoms with Crippen LogP contribution in [0.5, 0.6) is 0 Å². The largest absolute Gasteiger partial charge is 0.380 e. The van der Waals surface area contributed by atoms with Gasteiger partial charge in [0.2, 0.25) is 0 Å². The van der Waals surface area contributed by atoms with Crippen LogP contribution in [0.15, 0.2) is 0 Å². The highest BCUT2D eigenvalue weighted by Crippen LogP contribution is 2.47. The van der Waals surface area contributed by atoms with Crippen LogP contribution in [0.1, 0.15) is 34.1 Å². The summed E-state index contributed by atoms with van der Waals surface area (Å²) >= 11 is 0. The van der Waals surface area contributed by atoms with Crippen molar-refractivity contribution in [3.8, 4) is 0 Å². The first-order valence-corrected chi connectivity index (χ1v) is 7.01. The van der Waals surface area contributed by atoms with Crippen LogP contribution in [0.4, 0.5) is 0 Å². The molecule has 0 aromatic rings. The Morgan fingerprint density at radius 3 is 2.24 bits per heavy atom. The van der Waals surface area contributed by atoms with Crippen molar-refractivity contribution in [2.45, 2.75) is 39.7 Å². The van der Waals surface area contributed by atoms with Gasteiger partial charge in [-0.15, -0.1) is 0 Å². The van der Waals surface area contributed by atoms with Gasteiger partial charge >= 0.3 is 0 Å². The summed E-state index contributed by atoms with van der Waals surface area (Å²) in [5.74, 6) is 0.751. The van der Waals surface area contributed by atoms with E-state index in [-0.39, 0.29) is 5.54 Å². The van der Waals surface area contributed by atoms with Gasteiger partial charge in [0.25, 0.3) is 0 Å². The third-order valence-corrected chi connectivity index (χ3v) is 4.76. The summed E-state index contributed by atoms with van der Waals surface area (Å²) in [4.78, 5) is 2.66. The van der Waals surface area contributed by atoms with Gasteiger partial charge in [-0.3, -0.25) is 4.90 Å². The van der Waals surface area contributed by atoms with Gasteiger partial charge in [0.15, 0.2) is 0 Å². The Balaban J connectivity index is 2.10. The maximum absolute atomic E-state index is 5.57.